The van der Waals surface area contributed by atoms with Crippen LogP contribution in [0, 0.1) is 0 Å². The van der Waals surface area contributed by atoms with Gasteiger partial charge in [0.2, 0.25) is 0 Å². The van der Waals surface area contributed by atoms with Crippen LogP contribution in [0.5, 0.6) is 0 Å². The van der Waals surface area contributed by atoms with Crippen molar-refractivity contribution >= 4 is 5.91 Å². The van der Waals surface area contributed by atoms with Crippen molar-refractivity contribution in [3.63, 3.8) is 0 Å². The molecule has 1 aromatic heterocycles. The van der Waals surface area contributed by atoms with Gasteiger partial charge in [0.1, 0.15) is 0 Å². The highest BCUT2D eigenvalue weighted by molar-refractivity contribution is 5.90. The predicted molar refractivity (Wildman–Crippen MR) is 70.1 cm³/mol. The van der Waals surface area contributed by atoms with Crippen molar-refractivity contribution in [3.05, 3.63) is 11.9 Å². The molecule has 0 aliphatic heterocycles. The van der Waals surface area contributed by atoms with Crippen LogP contribution >= 0.6 is 0 Å². The zero-order valence-corrected chi connectivity index (χ0v) is 11.4. The van der Waals surface area contributed by atoms with Crippen molar-refractivity contribution in [3.8, 4) is 0 Å². The molecule has 0 fully saturated rings. The number of amides is 1. The van der Waals surface area contributed by atoms with Crippen molar-refractivity contribution in [2.24, 2.45) is 11.5 Å². The molecular formula is C11H21N5O4. The fraction of sp³-hybridized carbons (Fsp3) is 0.727. The Morgan fingerprint density at radius 1 is 1.10 bits per heavy atom. The van der Waals surface area contributed by atoms with Gasteiger partial charge >= 0.3 is 0 Å². The number of rotatable bonds is 12. The summed E-state index contributed by atoms with van der Waals surface area (Å²) in [4.78, 5) is 10.8. The molecule has 0 saturated carbocycles. The second-order valence-electron chi connectivity index (χ2n) is 3.86. The molecule has 0 saturated heterocycles. The summed E-state index contributed by atoms with van der Waals surface area (Å²) in [6.07, 6.45) is 1.48. The first-order valence-electron chi connectivity index (χ1n) is 6.37. The van der Waals surface area contributed by atoms with Gasteiger partial charge in [-0.3, -0.25) is 4.79 Å². The lowest BCUT2D eigenvalue weighted by Gasteiger charge is -2.06. The minimum Gasteiger partial charge on any atom is -0.378 e. The number of carbonyl (C=O) groups is 1. The Kier molecular flexibility index (Phi) is 8.47. The van der Waals surface area contributed by atoms with Crippen LogP contribution in [0.15, 0.2) is 6.20 Å². The maximum Gasteiger partial charge on any atom is 0.270 e. The normalized spacial score (nSPS) is 10.8. The lowest BCUT2D eigenvalue weighted by molar-refractivity contribution is 0.0141. The quantitative estimate of drug-likeness (QED) is 0.442. The molecule has 1 heterocycles. The Labute approximate surface area is 117 Å². The van der Waals surface area contributed by atoms with Crippen molar-refractivity contribution in [2.45, 2.75) is 6.54 Å². The van der Waals surface area contributed by atoms with Crippen LogP contribution in [0.4, 0.5) is 0 Å². The van der Waals surface area contributed by atoms with E-state index < -0.39 is 5.91 Å². The third-order valence-electron chi connectivity index (χ3n) is 2.26. The van der Waals surface area contributed by atoms with Gasteiger partial charge in [-0.1, -0.05) is 5.21 Å². The summed E-state index contributed by atoms with van der Waals surface area (Å²) in [7, 11) is 0. The molecule has 0 atom stereocenters. The molecule has 20 heavy (non-hydrogen) atoms. The number of nitrogens with zero attached hydrogens (tertiary/aromatic N) is 3. The van der Waals surface area contributed by atoms with Gasteiger partial charge in [0.15, 0.2) is 5.69 Å². The molecule has 0 aliphatic carbocycles. The van der Waals surface area contributed by atoms with Crippen LogP contribution in [0.3, 0.4) is 0 Å². The zero-order valence-electron chi connectivity index (χ0n) is 11.4. The first-order chi connectivity index (χ1) is 9.74. The minimum absolute atomic E-state index is 0.144. The average Bonchev–Trinajstić information content (AvgIpc) is 2.90. The lowest BCUT2D eigenvalue weighted by Crippen LogP contribution is -2.14. The minimum atomic E-state index is -0.595. The highest BCUT2D eigenvalue weighted by atomic mass is 16.5. The smallest absolute Gasteiger partial charge is 0.270 e. The third kappa shape index (κ3) is 7.14. The van der Waals surface area contributed by atoms with Crippen LogP contribution < -0.4 is 11.5 Å². The van der Waals surface area contributed by atoms with E-state index in [9.17, 15) is 4.79 Å². The standard InChI is InChI=1S/C11H21N5O4/c12-1-3-18-5-7-20-8-6-19-4-2-16-9-10(11(13)17)14-15-16/h9H,1-8,12H2,(H2,13,17). The average molecular weight is 287 g/mol. The zero-order chi connectivity index (χ0) is 14.6. The molecule has 0 unspecified atom stereocenters. The SMILES string of the molecule is NCCOCCOCCOCCn1cc(C(N)=O)nn1. The largest absolute Gasteiger partial charge is 0.378 e. The molecule has 0 radical (unpaired) electrons. The molecular weight excluding hydrogens is 266 g/mol. The highest BCUT2D eigenvalue weighted by Crippen LogP contribution is 1.91. The number of nitrogens with two attached hydrogens (primary N) is 2. The molecule has 9 nitrogen and oxygen atoms in total. The summed E-state index contributed by atoms with van der Waals surface area (Å²) in [6.45, 7) is 4.05. The Morgan fingerprint density at radius 2 is 1.70 bits per heavy atom. The van der Waals surface area contributed by atoms with Crippen molar-refractivity contribution in [2.75, 3.05) is 46.2 Å². The molecule has 114 valence electrons. The van der Waals surface area contributed by atoms with Gasteiger partial charge in [-0.15, -0.1) is 5.10 Å². The van der Waals surface area contributed by atoms with E-state index in [1.165, 1.54) is 10.9 Å². The van der Waals surface area contributed by atoms with Gasteiger partial charge < -0.3 is 25.7 Å². The first kappa shape index (κ1) is 16.5. The number of ether oxygens (including phenoxy) is 3. The lowest BCUT2D eigenvalue weighted by atomic mass is 10.5. The fourth-order valence-corrected chi connectivity index (χ4v) is 1.30. The van der Waals surface area contributed by atoms with E-state index in [2.05, 4.69) is 10.3 Å². The van der Waals surface area contributed by atoms with E-state index >= 15 is 0 Å². The molecule has 9 heteroatoms. The van der Waals surface area contributed by atoms with E-state index in [0.29, 0.717) is 52.7 Å². The molecule has 0 spiro atoms. The van der Waals surface area contributed by atoms with Crippen LogP contribution in [-0.4, -0.2) is 67.1 Å². The van der Waals surface area contributed by atoms with Crippen LogP contribution in [-0.2, 0) is 20.8 Å². The number of aromatic nitrogens is 3. The molecule has 0 bridgehead atoms. The van der Waals surface area contributed by atoms with Gasteiger partial charge in [-0.2, -0.15) is 0 Å². The monoisotopic (exact) mass is 287 g/mol. The number of carbonyl (C=O) groups excluding carboxylic acids is 1. The fourth-order valence-electron chi connectivity index (χ4n) is 1.30. The second-order valence-corrected chi connectivity index (χ2v) is 3.86. The maximum atomic E-state index is 10.8. The summed E-state index contributed by atoms with van der Waals surface area (Å²) in [5.41, 5.74) is 10.5. The molecule has 1 aromatic rings. The number of hydrogen-bond acceptors (Lipinski definition) is 7. The van der Waals surface area contributed by atoms with Gasteiger partial charge in [-0.25, -0.2) is 4.68 Å². The maximum absolute atomic E-state index is 10.8. The van der Waals surface area contributed by atoms with E-state index in [1.54, 1.807) is 0 Å². The van der Waals surface area contributed by atoms with Crippen LogP contribution in [0.1, 0.15) is 10.5 Å². The summed E-state index contributed by atoms with van der Waals surface area (Å²) in [5, 5.41) is 7.36. The Bertz CT molecular complexity index is 385. The van der Waals surface area contributed by atoms with E-state index in [4.69, 9.17) is 25.7 Å². The molecule has 0 aliphatic rings. The third-order valence-corrected chi connectivity index (χ3v) is 2.26. The predicted octanol–water partition coefficient (Wildman–Crippen LogP) is -1.61. The van der Waals surface area contributed by atoms with Crippen molar-refractivity contribution in [1.82, 2.24) is 15.0 Å². The summed E-state index contributed by atoms with van der Waals surface area (Å²) in [6, 6.07) is 0. The van der Waals surface area contributed by atoms with Crippen molar-refractivity contribution in [1.29, 1.82) is 0 Å². The summed E-state index contributed by atoms with van der Waals surface area (Å²) in [5.74, 6) is -0.595. The number of hydrogen-bond donors (Lipinski definition) is 2. The van der Waals surface area contributed by atoms with Gasteiger partial charge in [0.05, 0.1) is 52.4 Å². The highest BCUT2D eigenvalue weighted by Gasteiger charge is 2.05. The van der Waals surface area contributed by atoms with Gasteiger partial charge in [0, 0.05) is 6.54 Å². The Morgan fingerprint density at radius 3 is 2.25 bits per heavy atom. The van der Waals surface area contributed by atoms with Crippen LogP contribution in [0.2, 0.25) is 0 Å². The molecule has 1 amide bonds. The summed E-state index contributed by atoms with van der Waals surface area (Å²) >= 11 is 0. The second kappa shape index (κ2) is 10.3. The summed E-state index contributed by atoms with van der Waals surface area (Å²) < 4.78 is 17.3. The van der Waals surface area contributed by atoms with Gasteiger partial charge in [0.25, 0.3) is 5.91 Å². The molecule has 1 rings (SSSR count). The van der Waals surface area contributed by atoms with E-state index in [1.807, 2.05) is 0 Å². The topological polar surface area (TPSA) is 128 Å². The van der Waals surface area contributed by atoms with E-state index in [0.717, 1.165) is 0 Å². The first-order valence-corrected chi connectivity index (χ1v) is 6.37. The molecule has 4 N–H and O–H groups in total. The Balaban J connectivity index is 1.93. The molecule has 0 aromatic carbocycles. The van der Waals surface area contributed by atoms with E-state index in [-0.39, 0.29) is 5.69 Å². The number of primary amides is 1. The Hall–Kier alpha value is -1.55. The van der Waals surface area contributed by atoms with Crippen molar-refractivity contribution < 1.29 is 19.0 Å². The van der Waals surface area contributed by atoms with Crippen LogP contribution in [0.25, 0.3) is 0 Å². The van der Waals surface area contributed by atoms with Gasteiger partial charge in [-0.05, 0) is 0 Å².